The van der Waals surface area contributed by atoms with Gasteiger partial charge in [0.15, 0.2) is 0 Å². The van der Waals surface area contributed by atoms with E-state index in [9.17, 15) is 5.11 Å². The first kappa shape index (κ1) is 15.0. The van der Waals surface area contributed by atoms with E-state index in [1.165, 1.54) is 11.1 Å². The molecule has 0 bridgehead atoms. The normalized spacial score (nSPS) is 23.0. The summed E-state index contributed by atoms with van der Waals surface area (Å²) < 4.78 is 0. The first-order chi connectivity index (χ1) is 10.8. The lowest BCUT2D eigenvalue weighted by Crippen LogP contribution is -2.38. The molecule has 114 valence electrons. The minimum atomic E-state index is -0.181. The van der Waals surface area contributed by atoms with E-state index in [1.807, 2.05) is 12.1 Å². The van der Waals surface area contributed by atoms with Gasteiger partial charge in [0.2, 0.25) is 0 Å². The highest BCUT2D eigenvalue weighted by Crippen LogP contribution is 2.30. The van der Waals surface area contributed by atoms with Crippen LogP contribution in [0.5, 0.6) is 0 Å². The van der Waals surface area contributed by atoms with Gasteiger partial charge in [-0.2, -0.15) is 0 Å². The summed E-state index contributed by atoms with van der Waals surface area (Å²) in [6.07, 6.45) is 5.90. The third-order valence-electron chi connectivity index (χ3n) is 4.32. The van der Waals surface area contributed by atoms with Crippen LogP contribution in [0.1, 0.15) is 30.0 Å². The van der Waals surface area contributed by atoms with Crippen molar-refractivity contribution in [1.82, 2.24) is 4.90 Å². The first-order valence-electron chi connectivity index (χ1n) is 8.01. The predicted octanol–water partition coefficient (Wildman–Crippen LogP) is 3.90. The molecule has 0 aliphatic carbocycles. The highest BCUT2D eigenvalue weighted by atomic mass is 16.3. The molecule has 0 saturated carbocycles. The van der Waals surface area contributed by atoms with Gasteiger partial charge in [0, 0.05) is 19.1 Å². The lowest BCUT2D eigenvalue weighted by molar-refractivity contribution is 0.0474. The third kappa shape index (κ3) is 3.85. The summed E-state index contributed by atoms with van der Waals surface area (Å²) in [5, 5.41) is 10.0. The zero-order chi connectivity index (χ0) is 15.2. The molecule has 1 N–H and O–H groups in total. The largest absolute Gasteiger partial charge is 0.393 e. The van der Waals surface area contributed by atoms with Crippen molar-refractivity contribution in [3.8, 4) is 0 Å². The summed E-state index contributed by atoms with van der Waals surface area (Å²) in [5.41, 5.74) is 2.53. The van der Waals surface area contributed by atoms with E-state index in [4.69, 9.17) is 0 Å². The van der Waals surface area contributed by atoms with Gasteiger partial charge in [0.25, 0.3) is 0 Å². The molecule has 1 aliphatic heterocycles. The van der Waals surface area contributed by atoms with Crippen molar-refractivity contribution in [3.05, 3.63) is 77.9 Å². The van der Waals surface area contributed by atoms with Crippen LogP contribution in [0.15, 0.2) is 66.7 Å². The molecule has 2 aromatic carbocycles. The van der Waals surface area contributed by atoms with Crippen LogP contribution in [0, 0.1) is 0 Å². The zero-order valence-electron chi connectivity index (χ0n) is 12.8. The van der Waals surface area contributed by atoms with Gasteiger partial charge in [-0.3, -0.25) is 4.90 Å². The van der Waals surface area contributed by atoms with E-state index in [0.717, 1.165) is 25.9 Å². The average Bonchev–Trinajstić information content (AvgIpc) is 2.58. The van der Waals surface area contributed by atoms with Gasteiger partial charge in [-0.1, -0.05) is 72.8 Å². The van der Waals surface area contributed by atoms with Gasteiger partial charge in [-0.15, -0.1) is 0 Å². The van der Waals surface area contributed by atoms with Gasteiger partial charge < -0.3 is 5.11 Å². The van der Waals surface area contributed by atoms with Crippen molar-refractivity contribution in [2.45, 2.75) is 25.0 Å². The maximum atomic E-state index is 10.0. The summed E-state index contributed by atoms with van der Waals surface area (Å²) in [6.45, 7) is 1.86. The van der Waals surface area contributed by atoms with Crippen LogP contribution in [0.2, 0.25) is 0 Å². The topological polar surface area (TPSA) is 23.5 Å². The van der Waals surface area contributed by atoms with Crippen molar-refractivity contribution in [3.63, 3.8) is 0 Å². The highest BCUT2D eigenvalue weighted by molar-refractivity contribution is 5.48. The Morgan fingerprint density at radius 1 is 1.00 bits per heavy atom. The molecule has 0 spiro atoms. The Morgan fingerprint density at radius 3 is 2.41 bits per heavy atom. The molecule has 0 amide bonds. The number of likely N-dealkylation sites (tertiary alicyclic amines) is 1. The maximum Gasteiger partial charge on any atom is 0.0570 e. The van der Waals surface area contributed by atoms with Crippen molar-refractivity contribution < 1.29 is 5.11 Å². The summed E-state index contributed by atoms with van der Waals surface area (Å²) >= 11 is 0. The first-order valence-corrected chi connectivity index (χ1v) is 8.01. The highest BCUT2D eigenvalue weighted by Gasteiger charge is 2.27. The standard InChI is InChI=1S/C20H23NO/c22-19-13-15-21(14-7-10-17-8-3-1-4-9-17)20(16-19)18-11-5-2-6-12-18/h1-12,19-20,22H,13-16H2. The Bertz CT molecular complexity index is 594. The molecule has 2 unspecified atom stereocenters. The van der Waals surface area contributed by atoms with Crippen LogP contribution in [-0.2, 0) is 0 Å². The summed E-state index contributed by atoms with van der Waals surface area (Å²) in [6, 6.07) is 21.2. The van der Waals surface area contributed by atoms with Crippen LogP contribution < -0.4 is 0 Å². The minimum absolute atomic E-state index is 0.181. The minimum Gasteiger partial charge on any atom is -0.393 e. The molecule has 1 heterocycles. The molecule has 0 aromatic heterocycles. The van der Waals surface area contributed by atoms with Crippen LogP contribution >= 0.6 is 0 Å². The van der Waals surface area contributed by atoms with Gasteiger partial charge >= 0.3 is 0 Å². The molecule has 0 radical (unpaired) electrons. The molecule has 1 saturated heterocycles. The van der Waals surface area contributed by atoms with E-state index in [1.54, 1.807) is 0 Å². The number of piperidine rings is 1. The molecule has 3 rings (SSSR count). The Morgan fingerprint density at radius 2 is 1.68 bits per heavy atom. The van der Waals surface area contributed by atoms with Gasteiger partial charge in [-0.05, 0) is 24.0 Å². The van der Waals surface area contributed by atoms with Crippen molar-refractivity contribution in [2.24, 2.45) is 0 Å². The Labute approximate surface area is 132 Å². The molecule has 1 fully saturated rings. The number of aliphatic hydroxyl groups is 1. The van der Waals surface area contributed by atoms with Crippen LogP contribution in [0.4, 0.5) is 0 Å². The quantitative estimate of drug-likeness (QED) is 0.924. The maximum absolute atomic E-state index is 10.0. The van der Waals surface area contributed by atoms with E-state index >= 15 is 0 Å². The number of benzene rings is 2. The Hall–Kier alpha value is -1.90. The number of aliphatic hydroxyl groups excluding tert-OH is 1. The predicted molar refractivity (Wildman–Crippen MR) is 91.5 cm³/mol. The average molecular weight is 293 g/mol. The SMILES string of the molecule is OC1CCN(CC=Cc2ccccc2)C(c2ccccc2)C1. The molecule has 1 aliphatic rings. The molecule has 2 atom stereocenters. The molecular weight excluding hydrogens is 270 g/mol. The Kier molecular flexibility index (Phi) is 5.04. The van der Waals surface area contributed by atoms with E-state index in [-0.39, 0.29) is 6.10 Å². The lowest BCUT2D eigenvalue weighted by Gasteiger charge is -2.37. The number of hydrogen-bond acceptors (Lipinski definition) is 2. The molecule has 2 nitrogen and oxygen atoms in total. The number of nitrogens with zero attached hydrogens (tertiary/aromatic N) is 1. The smallest absolute Gasteiger partial charge is 0.0570 e. The fourth-order valence-electron chi connectivity index (χ4n) is 3.12. The van der Waals surface area contributed by atoms with E-state index in [0.29, 0.717) is 6.04 Å². The van der Waals surface area contributed by atoms with Crippen LogP contribution in [-0.4, -0.2) is 29.2 Å². The van der Waals surface area contributed by atoms with E-state index < -0.39 is 0 Å². The molecule has 22 heavy (non-hydrogen) atoms. The molecular formula is C20H23NO. The summed E-state index contributed by atoms with van der Waals surface area (Å²) in [7, 11) is 0. The van der Waals surface area contributed by atoms with Crippen LogP contribution in [0.3, 0.4) is 0 Å². The second-order valence-corrected chi connectivity index (χ2v) is 5.91. The monoisotopic (exact) mass is 293 g/mol. The second-order valence-electron chi connectivity index (χ2n) is 5.91. The third-order valence-corrected chi connectivity index (χ3v) is 4.32. The van der Waals surface area contributed by atoms with Crippen molar-refractivity contribution in [2.75, 3.05) is 13.1 Å². The van der Waals surface area contributed by atoms with Crippen molar-refractivity contribution >= 4 is 6.08 Å². The number of hydrogen-bond donors (Lipinski definition) is 1. The summed E-state index contributed by atoms with van der Waals surface area (Å²) in [4.78, 5) is 2.46. The molecule has 2 aromatic rings. The summed E-state index contributed by atoms with van der Waals surface area (Å²) in [5.74, 6) is 0. The van der Waals surface area contributed by atoms with Gasteiger partial charge in [-0.25, -0.2) is 0 Å². The fourth-order valence-corrected chi connectivity index (χ4v) is 3.12. The van der Waals surface area contributed by atoms with Gasteiger partial charge in [0.1, 0.15) is 0 Å². The second kappa shape index (κ2) is 7.39. The van der Waals surface area contributed by atoms with E-state index in [2.05, 4.69) is 65.6 Å². The van der Waals surface area contributed by atoms with Gasteiger partial charge in [0.05, 0.1) is 6.10 Å². The number of rotatable bonds is 4. The fraction of sp³-hybridized carbons (Fsp3) is 0.300. The van der Waals surface area contributed by atoms with Crippen LogP contribution in [0.25, 0.3) is 6.08 Å². The van der Waals surface area contributed by atoms with Crippen molar-refractivity contribution in [1.29, 1.82) is 0 Å². The lowest BCUT2D eigenvalue weighted by atomic mass is 9.93. The molecule has 2 heteroatoms. The zero-order valence-corrected chi connectivity index (χ0v) is 12.8. The Balaban J connectivity index is 1.69.